The van der Waals surface area contributed by atoms with E-state index in [9.17, 15) is 4.79 Å². The molecule has 1 unspecified atom stereocenters. The van der Waals surface area contributed by atoms with Crippen LogP contribution in [0.5, 0.6) is 0 Å². The van der Waals surface area contributed by atoms with Crippen LogP contribution in [0.25, 0.3) is 0 Å². The van der Waals surface area contributed by atoms with Gasteiger partial charge in [-0.15, -0.1) is 11.8 Å². The van der Waals surface area contributed by atoms with Crippen LogP contribution >= 0.6 is 23.5 Å². The summed E-state index contributed by atoms with van der Waals surface area (Å²) in [6, 6.07) is 0. The van der Waals surface area contributed by atoms with E-state index >= 15 is 0 Å². The summed E-state index contributed by atoms with van der Waals surface area (Å²) >= 11 is 3.77. The highest BCUT2D eigenvalue weighted by atomic mass is 32.2. The predicted octanol–water partition coefficient (Wildman–Crippen LogP) is 0.166. The van der Waals surface area contributed by atoms with Gasteiger partial charge in [-0.3, -0.25) is 10.1 Å². The number of aromatic nitrogens is 2. The molecule has 2 heterocycles. The Balaban J connectivity index is 1.84. The molecule has 0 spiro atoms. The Bertz CT molecular complexity index is 379. The number of carbonyl (C=O) groups excluding carboxylic acids is 1. The van der Waals surface area contributed by atoms with E-state index in [0.717, 1.165) is 17.3 Å². The maximum Gasteiger partial charge on any atom is 0.240 e. The molecule has 2 rings (SSSR count). The zero-order valence-corrected chi connectivity index (χ0v) is 10.9. The van der Waals surface area contributed by atoms with E-state index in [1.165, 1.54) is 5.75 Å². The van der Waals surface area contributed by atoms with E-state index in [2.05, 4.69) is 15.5 Å². The molecule has 6 nitrogen and oxygen atoms in total. The Morgan fingerprint density at radius 2 is 2.47 bits per heavy atom. The quantitative estimate of drug-likeness (QED) is 0.790. The third-order valence-electron chi connectivity index (χ3n) is 2.16. The highest BCUT2D eigenvalue weighted by molar-refractivity contribution is 8.06. The van der Waals surface area contributed by atoms with E-state index in [1.54, 1.807) is 0 Å². The number of primary amides is 1. The number of hydrogen-bond acceptors (Lipinski definition) is 7. The van der Waals surface area contributed by atoms with Crippen LogP contribution in [-0.2, 0) is 11.3 Å². The fourth-order valence-corrected chi connectivity index (χ4v) is 3.99. The highest BCUT2D eigenvalue weighted by Crippen LogP contribution is 2.34. The molecule has 3 N–H and O–H groups in total. The molecule has 0 saturated carbocycles. The van der Waals surface area contributed by atoms with E-state index in [0.29, 0.717) is 17.7 Å². The van der Waals surface area contributed by atoms with Gasteiger partial charge in [0.25, 0.3) is 0 Å². The molecular formula is C9H14N4O2S2. The van der Waals surface area contributed by atoms with Gasteiger partial charge in [-0.1, -0.05) is 5.16 Å². The molecule has 1 aliphatic heterocycles. The van der Waals surface area contributed by atoms with Gasteiger partial charge >= 0.3 is 0 Å². The first kappa shape index (κ1) is 12.7. The largest absolute Gasteiger partial charge is 0.369 e. The van der Waals surface area contributed by atoms with Crippen molar-refractivity contribution in [3.63, 3.8) is 0 Å². The lowest BCUT2D eigenvalue weighted by molar-refractivity contribution is -0.117. The van der Waals surface area contributed by atoms with Crippen LogP contribution in [-0.4, -0.2) is 39.9 Å². The Kier molecular flexibility index (Phi) is 4.69. The van der Waals surface area contributed by atoms with Crippen molar-refractivity contribution in [3.8, 4) is 0 Å². The first-order valence-electron chi connectivity index (χ1n) is 5.26. The van der Waals surface area contributed by atoms with Crippen molar-refractivity contribution in [1.82, 2.24) is 15.5 Å². The number of carbonyl (C=O) groups is 1. The van der Waals surface area contributed by atoms with Gasteiger partial charge in [0.15, 0.2) is 5.82 Å². The van der Waals surface area contributed by atoms with Gasteiger partial charge in [0, 0.05) is 17.3 Å². The van der Waals surface area contributed by atoms with Crippen molar-refractivity contribution in [2.45, 2.75) is 11.8 Å². The summed E-state index contributed by atoms with van der Waals surface area (Å²) in [4.78, 5) is 14.8. The first-order chi connectivity index (χ1) is 8.25. The number of nitrogens with two attached hydrogens (primary N) is 1. The highest BCUT2D eigenvalue weighted by Gasteiger charge is 2.21. The van der Waals surface area contributed by atoms with Crippen LogP contribution in [0.1, 0.15) is 17.0 Å². The smallest absolute Gasteiger partial charge is 0.240 e. The minimum absolute atomic E-state index is 0.117. The zero-order valence-electron chi connectivity index (χ0n) is 9.22. The molecule has 17 heavy (non-hydrogen) atoms. The molecule has 94 valence electrons. The van der Waals surface area contributed by atoms with Crippen molar-refractivity contribution in [2.75, 3.05) is 23.8 Å². The molecule has 1 amide bonds. The average Bonchev–Trinajstić information content (AvgIpc) is 2.78. The topological polar surface area (TPSA) is 94.0 Å². The summed E-state index contributed by atoms with van der Waals surface area (Å²) < 4.78 is 5.10. The summed E-state index contributed by atoms with van der Waals surface area (Å²) in [6.07, 6.45) is 0. The van der Waals surface area contributed by atoms with E-state index in [4.69, 9.17) is 10.3 Å². The molecule has 1 aromatic rings. The molecule has 1 saturated heterocycles. The van der Waals surface area contributed by atoms with Crippen LogP contribution in [0.4, 0.5) is 0 Å². The van der Waals surface area contributed by atoms with Gasteiger partial charge in [0.05, 0.1) is 18.3 Å². The lowest BCUT2D eigenvalue weighted by Crippen LogP contribution is -2.28. The molecule has 1 aromatic heterocycles. The Morgan fingerprint density at radius 1 is 1.59 bits per heavy atom. The van der Waals surface area contributed by atoms with Gasteiger partial charge in [-0.25, -0.2) is 0 Å². The Labute approximate surface area is 107 Å². The summed E-state index contributed by atoms with van der Waals surface area (Å²) in [5.74, 6) is 4.18. The average molecular weight is 274 g/mol. The number of amides is 1. The molecule has 0 radical (unpaired) electrons. The second-order valence-electron chi connectivity index (χ2n) is 3.55. The lowest BCUT2D eigenvalue weighted by Gasteiger charge is -2.16. The number of nitrogens with zero attached hydrogens (tertiary/aromatic N) is 2. The van der Waals surface area contributed by atoms with Crippen molar-refractivity contribution in [3.05, 3.63) is 11.7 Å². The van der Waals surface area contributed by atoms with Gasteiger partial charge in [0.1, 0.15) is 0 Å². The lowest BCUT2D eigenvalue weighted by atomic mass is 10.4. The molecule has 0 aliphatic carbocycles. The second kappa shape index (κ2) is 6.27. The summed E-state index contributed by atoms with van der Waals surface area (Å²) in [6.45, 7) is 0.492. The van der Waals surface area contributed by atoms with Crippen molar-refractivity contribution in [1.29, 1.82) is 0 Å². The third kappa shape index (κ3) is 3.90. The summed E-state index contributed by atoms with van der Waals surface area (Å²) in [5.41, 5.74) is 5.00. The SMILES string of the molecule is NC(=O)CNCc1nc(C2CSCCS2)no1. The predicted molar refractivity (Wildman–Crippen MR) is 67.7 cm³/mol. The van der Waals surface area contributed by atoms with Crippen LogP contribution in [0.3, 0.4) is 0 Å². The molecule has 1 aliphatic rings. The molecule has 0 aromatic carbocycles. The first-order valence-corrected chi connectivity index (χ1v) is 7.47. The third-order valence-corrected chi connectivity index (χ3v) is 4.91. The fourth-order valence-electron chi connectivity index (χ4n) is 1.40. The summed E-state index contributed by atoms with van der Waals surface area (Å²) in [5, 5.41) is 7.12. The summed E-state index contributed by atoms with van der Waals surface area (Å²) in [7, 11) is 0. The van der Waals surface area contributed by atoms with Crippen LogP contribution < -0.4 is 11.1 Å². The fraction of sp³-hybridized carbons (Fsp3) is 0.667. The number of thioether (sulfide) groups is 2. The monoisotopic (exact) mass is 274 g/mol. The standard InChI is InChI=1S/C9H14N4O2S2/c10-7(14)3-11-4-8-12-9(13-15-8)6-5-16-1-2-17-6/h6,11H,1-5H2,(H2,10,14). The molecule has 8 heteroatoms. The molecule has 1 atom stereocenters. The molecule has 1 fully saturated rings. The van der Waals surface area contributed by atoms with Crippen molar-refractivity contribution in [2.24, 2.45) is 5.73 Å². The minimum Gasteiger partial charge on any atom is -0.369 e. The molecular weight excluding hydrogens is 260 g/mol. The van der Waals surface area contributed by atoms with Gasteiger partial charge in [-0.05, 0) is 0 Å². The normalized spacial score (nSPS) is 20.4. The second-order valence-corrected chi connectivity index (χ2v) is 6.01. The van der Waals surface area contributed by atoms with Gasteiger partial charge in [-0.2, -0.15) is 16.7 Å². The maximum absolute atomic E-state index is 10.5. The van der Waals surface area contributed by atoms with Gasteiger partial charge < -0.3 is 10.3 Å². The van der Waals surface area contributed by atoms with E-state index < -0.39 is 5.91 Å². The number of rotatable bonds is 5. The van der Waals surface area contributed by atoms with Crippen molar-refractivity contribution >= 4 is 29.4 Å². The minimum atomic E-state index is -0.399. The molecule has 0 bridgehead atoms. The van der Waals surface area contributed by atoms with E-state index in [1.807, 2.05) is 23.5 Å². The number of hydrogen-bond donors (Lipinski definition) is 2. The zero-order chi connectivity index (χ0) is 12.1. The van der Waals surface area contributed by atoms with Crippen LogP contribution in [0.2, 0.25) is 0 Å². The Hall–Kier alpha value is -0.730. The Morgan fingerprint density at radius 3 is 3.18 bits per heavy atom. The van der Waals surface area contributed by atoms with E-state index in [-0.39, 0.29) is 6.54 Å². The number of nitrogens with one attached hydrogen (secondary N) is 1. The van der Waals surface area contributed by atoms with Crippen molar-refractivity contribution < 1.29 is 9.32 Å². The van der Waals surface area contributed by atoms with Crippen LogP contribution in [0.15, 0.2) is 4.52 Å². The maximum atomic E-state index is 10.5. The van der Waals surface area contributed by atoms with Gasteiger partial charge in [0.2, 0.25) is 11.8 Å². The van der Waals surface area contributed by atoms with Crippen LogP contribution in [0, 0.1) is 0 Å².